The van der Waals surface area contributed by atoms with Crippen LogP contribution in [0.2, 0.25) is 0 Å². The summed E-state index contributed by atoms with van der Waals surface area (Å²) in [5, 5.41) is 4.68. The highest BCUT2D eigenvalue weighted by molar-refractivity contribution is 6.09. The Labute approximate surface area is 160 Å². The molecule has 0 N–H and O–H groups in total. The van der Waals surface area contributed by atoms with E-state index in [-0.39, 0.29) is 0 Å². The van der Waals surface area contributed by atoms with Crippen molar-refractivity contribution >= 4 is 21.5 Å². The van der Waals surface area contributed by atoms with Gasteiger partial charge in [-0.3, -0.25) is 4.98 Å². The Bertz CT molecular complexity index is 1210. The molecule has 1 nitrogen and oxygen atoms in total. The van der Waals surface area contributed by atoms with Crippen LogP contribution in [-0.2, 0) is 19.0 Å². The van der Waals surface area contributed by atoms with Crippen molar-refractivity contribution in [2.24, 2.45) is 0 Å². The van der Waals surface area contributed by atoms with Gasteiger partial charge in [-0.1, -0.05) is 36.4 Å². The summed E-state index contributed by atoms with van der Waals surface area (Å²) in [6.45, 7) is 0. The second-order valence-corrected chi connectivity index (χ2v) is 7.47. The number of fused-ring (bicyclic) bond motifs is 5. The summed E-state index contributed by atoms with van der Waals surface area (Å²) in [6, 6.07) is 15.7. The van der Waals surface area contributed by atoms with Gasteiger partial charge in [0.1, 0.15) is 0 Å². The maximum atomic E-state index is 13.0. The minimum Gasteiger partial charge on any atom is -0.263 e. The summed E-state index contributed by atoms with van der Waals surface area (Å²) in [5.74, 6) is 0. The Kier molecular flexibility index (Phi) is 3.90. The van der Waals surface area contributed by atoms with Crippen molar-refractivity contribution in [2.45, 2.75) is 31.9 Å². The van der Waals surface area contributed by atoms with E-state index in [1.807, 2.05) is 18.2 Å². The molecule has 3 aromatic carbocycles. The number of aromatic nitrogens is 1. The lowest BCUT2D eigenvalue weighted by Crippen LogP contribution is -2.05. The van der Waals surface area contributed by atoms with Crippen LogP contribution in [0.15, 0.2) is 60.9 Å². The Morgan fingerprint density at radius 2 is 1.50 bits per heavy atom. The maximum Gasteiger partial charge on any atom is 0.417 e. The van der Waals surface area contributed by atoms with Gasteiger partial charge in [0.25, 0.3) is 0 Å². The fourth-order valence-electron chi connectivity index (χ4n) is 4.33. The molecule has 0 spiro atoms. The molecule has 0 amide bonds. The lowest BCUT2D eigenvalue weighted by atomic mass is 9.86. The number of hydrogen-bond donors (Lipinski definition) is 0. The number of benzene rings is 3. The largest absolute Gasteiger partial charge is 0.417 e. The summed E-state index contributed by atoms with van der Waals surface area (Å²) >= 11 is 0. The van der Waals surface area contributed by atoms with E-state index in [0.29, 0.717) is 5.56 Å². The van der Waals surface area contributed by atoms with E-state index in [9.17, 15) is 13.2 Å². The van der Waals surface area contributed by atoms with Crippen LogP contribution in [0.4, 0.5) is 13.2 Å². The molecule has 0 saturated carbocycles. The van der Waals surface area contributed by atoms with Gasteiger partial charge in [0, 0.05) is 18.0 Å². The van der Waals surface area contributed by atoms with E-state index < -0.39 is 11.7 Å². The average Bonchev–Trinajstić information content (AvgIpc) is 2.72. The van der Waals surface area contributed by atoms with Gasteiger partial charge in [-0.05, 0) is 76.1 Å². The number of pyridine rings is 1. The van der Waals surface area contributed by atoms with E-state index in [4.69, 9.17) is 0 Å². The Balaban J connectivity index is 1.66. The molecule has 0 saturated heterocycles. The Morgan fingerprint density at radius 3 is 2.36 bits per heavy atom. The van der Waals surface area contributed by atoms with Crippen LogP contribution in [0.1, 0.15) is 29.5 Å². The zero-order valence-electron chi connectivity index (χ0n) is 15.2. The molecule has 1 aliphatic rings. The third kappa shape index (κ3) is 2.84. The fourth-order valence-corrected chi connectivity index (χ4v) is 4.33. The predicted molar refractivity (Wildman–Crippen MR) is 106 cm³/mol. The number of nitrogens with zero attached hydrogens (tertiary/aromatic N) is 1. The van der Waals surface area contributed by atoms with Gasteiger partial charge in [-0.15, -0.1) is 0 Å². The summed E-state index contributed by atoms with van der Waals surface area (Å²) in [5.41, 5.74) is 3.39. The zero-order valence-corrected chi connectivity index (χ0v) is 15.2. The molecule has 0 bridgehead atoms. The number of rotatable bonds is 1. The minimum absolute atomic E-state index is 0.474. The standard InChI is InChI=1S/C24H18F3N/c25-24(26,27)19-12-18(13-28-14-19)16-6-8-21-17(11-16)7-10-22-20-4-2-1-3-15(20)5-9-23(21)22/h5-14H,1-4H2. The highest BCUT2D eigenvalue weighted by atomic mass is 19.4. The zero-order chi connectivity index (χ0) is 19.3. The van der Waals surface area contributed by atoms with Crippen molar-refractivity contribution in [2.75, 3.05) is 0 Å². The quantitative estimate of drug-likeness (QED) is 0.327. The summed E-state index contributed by atoms with van der Waals surface area (Å²) in [6.07, 6.45) is 2.69. The highest BCUT2D eigenvalue weighted by Gasteiger charge is 2.31. The molecular formula is C24H18F3N. The van der Waals surface area contributed by atoms with Gasteiger partial charge in [0.2, 0.25) is 0 Å². The minimum atomic E-state index is -4.39. The fraction of sp³-hybridized carbons (Fsp3) is 0.208. The number of alkyl halides is 3. The van der Waals surface area contributed by atoms with Crippen molar-refractivity contribution in [3.8, 4) is 11.1 Å². The first-order valence-corrected chi connectivity index (χ1v) is 9.50. The second kappa shape index (κ2) is 6.33. The van der Waals surface area contributed by atoms with Gasteiger partial charge in [0.15, 0.2) is 0 Å². The topological polar surface area (TPSA) is 12.9 Å². The molecule has 140 valence electrons. The van der Waals surface area contributed by atoms with E-state index in [0.717, 1.165) is 41.4 Å². The normalized spacial score (nSPS) is 14.4. The van der Waals surface area contributed by atoms with E-state index in [1.165, 1.54) is 40.9 Å². The van der Waals surface area contributed by atoms with E-state index in [1.54, 1.807) is 0 Å². The van der Waals surface area contributed by atoms with Gasteiger partial charge in [-0.25, -0.2) is 0 Å². The molecule has 1 heterocycles. The van der Waals surface area contributed by atoms with Crippen LogP contribution in [0.5, 0.6) is 0 Å². The molecule has 1 aromatic heterocycles. The molecule has 4 heteroatoms. The molecule has 0 atom stereocenters. The number of hydrogen-bond acceptors (Lipinski definition) is 1. The predicted octanol–water partition coefficient (Wildman–Crippen LogP) is 6.95. The van der Waals surface area contributed by atoms with Gasteiger partial charge < -0.3 is 0 Å². The third-order valence-corrected chi connectivity index (χ3v) is 5.75. The van der Waals surface area contributed by atoms with Crippen molar-refractivity contribution in [1.82, 2.24) is 4.98 Å². The Hall–Kier alpha value is -2.88. The first-order valence-electron chi connectivity index (χ1n) is 9.50. The highest BCUT2D eigenvalue weighted by Crippen LogP contribution is 2.36. The third-order valence-electron chi connectivity index (χ3n) is 5.75. The van der Waals surface area contributed by atoms with Gasteiger partial charge >= 0.3 is 6.18 Å². The molecule has 0 aliphatic heterocycles. The van der Waals surface area contributed by atoms with Crippen LogP contribution >= 0.6 is 0 Å². The maximum absolute atomic E-state index is 13.0. The molecule has 0 fully saturated rings. The average molecular weight is 377 g/mol. The van der Waals surface area contributed by atoms with E-state index >= 15 is 0 Å². The summed E-state index contributed by atoms with van der Waals surface area (Å²) < 4.78 is 39.0. The first-order chi connectivity index (χ1) is 13.5. The summed E-state index contributed by atoms with van der Waals surface area (Å²) in [4.78, 5) is 3.79. The summed E-state index contributed by atoms with van der Waals surface area (Å²) in [7, 11) is 0. The van der Waals surface area contributed by atoms with Crippen molar-refractivity contribution in [1.29, 1.82) is 0 Å². The monoisotopic (exact) mass is 377 g/mol. The molecule has 0 radical (unpaired) electrons. The first kappa shape index (κ1) is 17.2. The Morgan fingerprint density at radius 1 is 0.714 bits per heavy atom. The molecule has 28 heavy (non-hydrogen) atoms. The number of aryl methyl sites for hydroxylation is 2. The smallest absolute Gasteiger partial charge is 0.263 e. The van der Waals surface area contributed by atoms with Crippen LogP contribution in [0.3, 0.4) is 0 Å². The van der Waals surface area contributed by atoms with Crippen LogP contribution < -0.4 is 0 Å². The molecule has 0 unspecified atom stereocenters. The lowest BCUT2D eigenvalue weighted by Gasteiger charge is -2.19. The van der Waals surface area contributed by atoms with Crippen molar-refractivity contribution < 1.29 is 13.2 Å². The SMILES string of the molecule is FC(F)(F)c1cncc(-c2ccc3c(ccc4c5c(ccc43)CCCC5)c2)c1. The number of halogens is 3. The van der Waals surface area contributed by atoms with Gasteiger partial charge in [0.05, 0.1) is 5.56 Å². The van der Waals surface area contributed by atoms with Gasteiger partial charge in [-0.2, -0.15) is 13.2 Å². The second-order valence-electron chi connectivity index (χ2n) is 7.47. The molecule has 4 aromatic rings. The van der Waals surface area contributed by atoms with Crippen molar-refractivity contribution in [3.63, 3.8) is 0 Å². The van der Waals surface area contributed by atoms with Crippen molar-refractivity contribution in [3.05, 3.63) is 77.6 Å². The molecule has 1 aliphatic carbocycles. The van der Waals surface area contributed by atoms with Crippen LogP contribution in [0.25, 0.3) is 32.7 Å². The molecular weight excluding hydrogens is 359 g/mol. The molecule has 5 rings (SSSR count). The lowest BCUT2D eigenvalue weighted by molar-refractivity contribution is -0.137. The van der Waals surface area contributed by atoms with Crippen LogP contribution in [0, 0.1) is 0 Å². The van der Waals surface area contributed by atoms with E-state index in [2.05, 4.69) is 29.2 Å². The van der Waals surface area contributed by atoms with Crippen LogP contribution in [-0.4, -0.2) is 4.98 Å².